The van der Waals surface area contributed by atoms with Gasteiger partial charge in [-0.1, -0.05) is 22.9 Å². The molecule has 6 heteroatoms. The summed E-state index contributed by atoms with van der Waals surface area (Å²) in [4.78, 5) is 0. The van der Waals surface area contributed by atoms with E-state index < -0.39 is 0 Å². The molecule has 18 heavy (non-hydrogen) atoms. The number of rotatable bonds is 5. The number of hydrogen-bond donors (Lipinski definition) is 1. The van der Waals surface area contributed by atoms with E-state index in [0.717, 1.165) is 18.5 Å². The molecule has 0 spiro atoms. The maximum absolute atomic E-state index is 13.6. The predicted molar refractivity (Wildman–Crippen MR) is 67.9 cm³/mol. The van der Waals surface area contributed by atoms with Crippen molar-refractivity contribution in [1.82, 2.24) is 15.0 Å². The molecule has 1 aromatic heterocycles. The van der Waals surface area contributed by atoms with E-state index in [1.807, 2.05) is 0 Å². The van der Waals surface area contributed by atoms with E-state index in [2.05, 4.69) is 10.3 Å². The second-order valence-corrected chi connectivity index (χ2v) is 4.41. The molecule has 0 fully saturated rings. The van der Waals surface area contributed by atoms with Gasteiger partial charge < -0.3 is 5.73 Å². The maximum atomic E-state index is 13.6. The Balaban J connectivity index is 2.11. The minimum atomic E-state index is -0.332. The molecule has 4 nitrogen and oxygen atoms in total. The SMILES string of the molecule is NCCCc1cn(Cc2c(F)cccc2Cl)nn1. The molecule has 0 saturated heterocycles. The van der Waals surface area contributed by atoms with Gasteiger partial charge in [-0.15, -0.1) is 5.10 Å². The van der Waals surface area contributed by atoms with Crippen molar-refractivity contribution in [2.45, 2.75) is 19.4 Å². The molecule has 0 unspecified atom stereocenters. The molecular formula is C12H14ClFN4. The van der Waals surface area contributed by atoms with E-state index in [9.17, 15) is 4.39 Å². The minimum Gasteiger partial charge on any atom is -0.330 e. The van der Waals surface area contributed by atoms with Gasteiger partial charge in [-0.3, -0.25) is 0 Å². The van der Waals surface area contributed by atoms with E-state index in [0.29, 0.717) is 17.1 Å². The number of aromatic nitrogens is 3. The third-order valence-electron chi connectivity index (χ3n) is 2.60. The Bertz CT molecular complexity index is 506. The van der Waals surface area contributed by atoms with Crippen LogP contribution in [0.2, 0.25) is 5.02 Å². The number of nitrogens with two attached hydrogens (primary N) is 1. The quantitative estimate of drug-likeness (QED) is 0.902. The number of hydrogen-bond acceptors (Lipinski definition) is 3. The first-order chi connectivity index (χ1) is 8.70. The molecule has 96 valence electrons. The summed E-state index contributed by atoms with van der Waals surface area (Å²) in [6.07, 6.45) is 3.43. The van der Waals surface area contributed by atoms with Crippen molar-refractivity contribution in [2.24, 2.45) is 5.73 Å². The smallest absolute Gasteiger partial charge is 0.129 e. The summed E-state index contributed by atoms with van der Waals surface area (Å²) >= 11 is 5.95. The molecule has 0 radical (unpaired) electrons. The Hall–Kier alpha value is -1.46. The molecule has 2 N–H and O–H groups in total. The van der Waals surface area contributed by atoms with Crippen LogP contribution >= 0.6 is 11.6 Å². The van der Waals surface area contributed by atoms with Crippen LogP contribution in [0.25, 0.3) is 0 Å². The van der Waals surface area contributed by atoms with Crippen LogP contribution in [0.4, 0.5) is 4.39 Å². The highest BCUT2D eigenvalue weighted by atomic mass is 35.5. The van der Waals surface area contributed by atoms with E-state index in [-0.39, 0.29) is 12.4 Å². The minimum absolute atomic E-state index is 0.279. The summed E-state index contributed by atoms with van der Waals surface area (Å²) in [6, 6.07) is 4.62. The largest absolute Gasteiger partial charge is 0.330 e. The summed E-state index contributed by atoms with van der Waals surface area (Å²) in [5, 5.41) is 8.35. The molecule has 2 rings (SSSR count). The van der Waals surface area contributed by atoms with Crippen LogP contribution in [0.15, 0.2) is 24.4 Å². The molecule has 1 aromatic carbocycles. The van der Waals surface area contributed by atoms with Gasteiger partial charge in [-0.05, 0) is 31.5 Å². The maximum Gasteiger partial charge on any atom is 0.129 e. The van der Waals surface area contributed by atoms with Gasteiger partial charge in [0.15, 0.2) is 0 Å². The Morgan fingerprint density at radius 2 is 2.22 bits per heavy atom. The Labute approximate surface area is 110 Å². The fourth-order valence-corrected chi connectivity index (χ4v) is 1.88. The summed E-state index contributed by atoms with van der Waals surface area (Å²) in [7, 11) is 0. The third kappa shape index (κ3) is 3.05. The van der Waals surface area contributed by atoms with Crippen LogP contribution in [0.5, 0.6) is 0 Å². The van der Waals surface area contributed by atoms with Crippen molar-refractivity contribution in [1.29, 1.82) is 0 Å². The van der Waals surface area contributed by atoms with Crippen LogP contribution < -0.4 is 5.73 Å². The van der Waals surface area contributed by atoms with Gasteiger partial charge in [-0.2, -0.15) is 0 Å². The molecular weight excluding hydrogens is 255 g/mol. The van der Waals surface area contributed by atoms with Crippen LogP contribution in [0.3, 0.4) is 0 Å². The van der Waals surface area contributed by atoms with Crippen LogP contribution in [-0.4, -0.2) is 21.5 Å². The van der Waals surface area contributed by atoms with Crippen molar-refractivity contribution in [2.75, 3.05) is 6.54 Å². The van der Waals surface area contributed by atoms with Gasteiger partial charge in [-0.25, -0.2) is 9.07 Å². The Kier molecular flexibility index (Phi) is 4.28. The summed E-state index contributed by atoms with van der Waals surface area (Å²) < 4.78 is 15.2. The van der Waals surface area contributed by atoms with Crippen molar-refractivity contribution in [3.8, 4) is 0 Å². The Morgan fingerprint density at radius 3 is 2.94 bits per heavy atom. The second kappa shape index (κ2) is 5.93. The van der Waals surface area contributed by atoms with Gasteiger partial charge in [0, 0.05) is 16.8 Å². The first kappa shape index (κ1) is 13.0. The standard InChI is InChI=1S/C12H14ClFN4/c13-11-4-1-5-12(14)10(11)8-18-7-9(16-17-18)3-2-6-15/h1,4-5,7H,2-3,6,8,15H2. The van der Waals surface area contributed by atoms with Crippen molar-refractivity contribution >= 4 is 11.6 Å². The van der Waals surface area contributed by atoms with Gasteiger partial charge in [0.05, 0.1) is 12.2 Å². The molecule has 1 heterocycles. The highest BCUT2D eigenvalue weighted by molar-refractivity contribution is 6.31. The van der Waals surface area contributed by atoms with Crippen LogP contribution in [-0.2, 0) is 13.0 Å². The summed E-state index contributed by atoms with van der Waals surface area (Å²) in [5.74, 6) is -0.332. The zero-order chi connectivity index (χ0) is 13.0. The lowest BCUT2D eigenvalue weighted by atomic mass is 10.2. The predicted octanol–water partition coefficient (Wildman–Crippen LogP) is 2.01. The van der Waals surface area contributed by atoms with Crippen molar-refractivity contribution in [3.63, 3.8) is 0 Å². The highest BCUT2D eigenvalue weighted by Crippen LogP contribution is 2.19. The van der Waals surface area contributed by atoms with Gasteiger partial charge in [0.25, 0.3) is 0 Å². The first-order valence-electron chi connectivity index (χ1n) is 5.72. The highest BCUT2D eigenvalue weighted by Gasteiger charge is 2.09. The van der Waals surface area contributed by atoms with Crippen LogP contribution in [0.1, 0.15) is 17.7 Å². The molecule has 0 bridgehead atoms. The Morgan fingerprint density at radius 1 is 1.39 bits per heavy atom. The number of halogens is 2. The van der Waals surface area contributed by atoms with Gasteiger partial charge in [0.1, 0.15) is 5.82 Å². The average Bonchev–Trinajstić information content (AvgIpc) is 2.79. The molecule has 0 aliphatic carbocycles. The number of aryl methyl sites for hydroxylation is 1. The van der Waals surface area contributed by atoms with Gasteiger partial charge >= 0.3 is 0 Å². The zero-order valence-electron chi connectivity index (χ0n) is 9.81. The van der Waals surface area contributed by atoms with Crippen LogP contribution in [0, 0.1) is 5.82 Å². The molecule has 0 saturated carbocycles. The fraction of sp³-hybridized carbons (Fsp3) is 0.333. The fourth-order valence-electron chi connectivity index (χ4n) is 1.66. The molecule has 0 atom stereocenters. The molecule has 0 aliphatic heterocycles. The second-order valence-electron chi connectivity index (χ2n) is 4.00. The van der Waals surface area contributed by atoms with E-state index >= 15 is 0 Å². The monoisotopic (exact) mass is 268 g/mol. The lowest BCUT2D eigenvalue weighted by Crippen LogP contribution is -2.03. The number of benzene rings is 1. The van der Waals surface area contributed by atoms with E-state index in [4.69, 9.17) is 17.3 Å². The topological polar surface area (TPSA) is 56.7 Å². The normalized spacial score (nSPS) is 10.8. The lowest BCUT2D eigenvalue weighted by molar-refractivity contribution is 0.577. The van der Waals surface area contributed by atoms with E-state index in [1.54, 1.807) is 23.0 Å². The molecule has 2 aromatic rings. The summed E-state index contributed by atoms with van der Waals surface area (Å²) in [5.41, 5.74) is 6.70. The van der Waals surface area contributed by atoms with Crippen molar-refractivity contribution in [3.05, 3.63) is 46.5 Å². The lowest BCUT2D eigenvalue weighted by Gasteiger charge is -2.04. The third-order valence-corrected chi connectivity index (χ3v) is 2.96. The molecule has 0 aliphatic rings. The molecule has 0 amide bonds. The first-order valence-corrected chi connectivity index (χ1v) is 6.10. The summed E-state index contributed by atoms with van der Waals surface area (Å²) in [6.45, 7) is 0.896. The number of nitrogens with zero attached hydrogens (tertiary/aromatic N) is 3. The van der Waals surface area contributed by atoms with Crippen molar-refractivity contribution < 1.29 is 4.39 Å². The van der Waals surface area contributed by atoms with E-state index in [1.165, 1.54) is 6.07 Å². The van der Waals surface area contributed by atoms with Gasteiger partial charge in [0.2, 0.25) is 0 Å². The average molecular weight is 269 g/mol. The zero-order valence-corrected chi connectivity index (χ0v) is 10.6.